The fraction of sp³-hybridized carbons (Fsp3) is 0.241. The van der Waals surface area contributed by atoms with Gasteiger partial charge >= 0.3 is 6.09 Å². The Balaban J connectivity index is 1.19. The van der Waals surface area contributed by atoms with E-state index >= 15 is 0 Å². The van der Waals surface area contributed by atoms with Gasteiger partial charge < -0.3 is 4.74 Å². The molecule has 176 valence electrons. The Labute approximate surface area is 209 Å². The van der Waals surface area contributed by atoms with E-state index in [2.05, 4.69) is 53.4 Å². The highest BCUT2D eigenvalue weighted by Crippen LogP contribution is 2.38. The molecule has 3 aromatic carbocycles. The van der Waals surface area contributed by atoms with Crippen molar-refractivity contribution in [3.05, 3.63) is 95.9 Å². The summed E-state index contributed by atoms with van der Waals surface area (Å²) in [5.74, 6) is 0. The third kappa shape index (κ3) is 4.47. The topological polar surface area (TPSA) is 45.7 Å². The maximum atomic E-state index is 12.6. The molecule has 0 unspecified atom stereocenters. The van der Waals surface area contributed by atoms with Crippen molar-refractivity contribution in [2.24, 2.45) is 0 Å². The Hall–Kier alpha value is -3.48. The molecule has 5 nitrogen and oxygen atoms in total. The molecule has 0 atom stereocenters. The first-order valence-corrected chi connectivity index (χ1v) is 12.9. The number of likely N-dealkylation sites (tertiary alicyclic amines) is 1. The van der Waals surface area contributed by atoms with Gasteiger partial charge in [0.05, 0.1) is 12.2 Å². The van der Waals surface area contributed by atoms with Gasteiger partial charge in [0.15, 0.2) is 0 Å². The molecule has 1 amide bonds. The zero-order valence-corrected chi connectivity index (χ0v) is 20.3. The third-order valence-corrected chi connectivity index (χ3v) is 8.03. The number of amides is 1. The first-order valence-electron chi connectivity index (χ1n) is 12.1. The molecule has 0 bridgehead atoms. The number of piperidine rings is 1. The lowest BCUT2D eigenvalue weighted by Crippen LogP contribution is -2.46. The number of nitrogens with zero attached hydrogens (tertiary/aromatic N) is 3. The largest absolute Gasteiger partial charge is 0.441 e. The number of hydrogen-bond donors (Lipinski definition) is 0. The lowest BCUT2D eigenvalue weighted by atomic mass is 9.91. The highest BCUT2D eigenvalue weighted by atomic mass is 32.1. The van der Waals surface area contributed by atoms with Crippen LogP contribution in [-0.2, 0) is 11.3 Å². The van der Waals surface area contributed by atoms with Crippen LogP contribution in [0.1, 0.15) is 17.7 Å². The molecule has 1 spiro atoms. The Bertz CT molecular complexity index is 1300. The molecule has 3 heterocycles. The number of carbonyl (C=O) groups is 1. The summed E-state index contributed by atoms with van der Waals surface area (Å²) < 4.78 is 5.96. The summed E-state index contributed by atoms with van der Waals surface area (Å²) in [5, 5.41) is 1.05. The minimum atomic E-state index is -0.394. The lowest BCUT2D eigenvalue weighted by molar-refractivity contribution is -0.000724. The molecule has 0 aliphatic carbocycles. The summed E-state index contributed by atoms with van der Waals surface area (Å²) in [7, 11) is 0. The quantitative estimate of drug-likeness (QED) is 0.328. The summed E-state index contributed by atoms with van der Waals surface area (Å²) in [6.07, 6.45) is 1.45. The van der Waals surface area contributed by atoms with Gasteiger partial charge in [0.25, 0.3) is 0 Å². The van der Waals surface area contributed by atoms with Crippen LogP contribution in [0.2, 0.25) is 0 Å². The summed E-state index contributed by atoms with van der Waals surface area (Å²) >= 11 is 1.78. The number of benzene rings is 3. The fourth-order valence-electron chi connectivity index (χ4n) is 5.00. The molecule has 0 saturated carbocycles. The summed E-state index contributed by atoms with van der Waals surface area (Å²) in [5.41, 5.74) is 3.88. The predicted octanol–water partition coefficient (Wildman–Crippen LogP) is 6.47. The van der Waals surface area contributed by atoms with Gasteiger partial charge in [-0.2, -0.15) is 0 Å². The van der Waals surface area contributed by atoms with E-state index in [0.717, 1.165) is 60.0 Å². The van der Waals surface area contributed by atoms with E-state index in [4.69, 9.17) is 9.72 Å². The van der Waals surface area contributed by atoms with Crippen LogP contribution in [0.3, 0.4) is 0 Å². The third-order valence-electron chi connectivity index (χ3n) is 6.94. The van der Waals surface area contributed by atoms with Crippen molar-refractivity contribution in [2.75, 3.05) is 24.5 Å². The second-order valence-corrected chi connectivity index (χ2v) is 10.4. The minimum Gasteiger partial charge on any atom is -0.441 e. The Kier molecular flexibility index (Phi) is 5.84. The Morgan fingerprint density at radius 1 is 0.829 bits per heavy atom. The SMILES string of the molecule is O=C1OC2(CCN(Cc3sc(-c4ccccc4)nc3-c3ccccc3)CC2)CN1c1ccccc1. The number of hydrogen-bond acceptors (Lipinski definition) is 5. The zero-order chi connectivity index (χ0) is 23.7. The van der Waals surface area contributed by atoms with Crippen LogP contribution >= 0.6 is 11.3 Å². The summed E-state index contributed by atoms with van der Waals surface area (Å²) in [6, 6.07) is 30.7. The van der Waals surface area contributed by atoms with Crippen molar-refractivity contribution in [3.8, 4) is 21.8 Å². The molecule has 6 rings (SSSR count). The van der Waals surface area contributed by atoms with Gasteiger partial charge in [0.2, 0.25) is 0 Å². The second-order valence-electron chi connectivity index (χ2n) is 9.27. The van der Waals surface area contributed by atoms with Gasteiger partial charge in [0, 0.05) is 54.2 Å². The first-order chi connectivity index (χ1) is 17.2. The molecule has 4 aromatic rings. The predicted molar refractivity (Wildman–Crippen MR) is 140 cm³/mol. The Morgan fingerprint density at radius 2 is 1.43 bits per heavy atom. The molecule has 2 aliphatic heterocycles. The molecule has 0 N–H and O–H groups in total. The van der Waals surface area contributed by atoms with Crippen molar-refractivity contribution in [1.29, 1.82) is 0 Å². The van der Waals surface area contributed by atoms with Crippen molar-refractivity contribution < 1.29 is 9.53 Å². The molecular formula is C29H27N3O2S. The van der Waals surface area contributed by atoms with Crippen molar-refractivity contribution in [1.82, 2.24) is 9.88 Å². The second kappa shape index (κ2) is 9.29. The van der Waals surface area contributed by atoms with Gasteiger partial charge in [-0.15, -0.1) is 11.3 Å². The average Bonchev–Trinajstić information content (AvgIpc) is 3.48. The van der Waals surface area contributed by atoms with E-state index in [1.54, 1.807) is 16.2 Å². The minimum absolute atomic E-state index is 0.231. The normalized spacial score (nSPS) is 17.6. The van der Waals surface area contributed by atoms with Crippen molar-refractivity contribution >= 4 is 23.1 Å². The van der Waals surface area contributed by atoms with E-state index in [1.165, 1.54) is 4.88 Å². The fourth-order valence-corrected chi connectivity index (χ4v) is 6.13. The van der Waals surface area contributed by atoms with Crippen LogP contribution in [-0.4, -0.2) is 41.2 Å². The monoisotopic (exact) mass is 481 g/mol. The van der Waals surface area contributed by atoms with E-state index in [1.807, 2.05) is 42.5 Å². The van der Waals surface area contributed by atoms with Crippen LogP contribution < -0.4 is 4.90 Å². The van der Waals surface area contributed by atoms with Gasteiger partial charge in [-0.05, 0) is 12.1 Å². The highest BCUT2D eigenvalue weighted by Gasteiger charge is 2.47. The Morgan fingerprint density at radius 3 is 2.09 bits per heavy atom. The van der Waals surface area contributed by atoms with Gasteiger partial charge in [0.1, 0.15) is 10.6 Å². The van der Waals surface area contributed by atoms with Crippen LogP contribution in [0, 0.1) is 0 Å². The molecule has 6 heteroatoms. The maximum Gasteiger partial charge on any atom is 0.415 e. The van der Waals surface area contributed by atoms with E-state index < -0.39 is 5.60 Å². The van der Waals surface area contributed by atoms with Crippen molar-refractivity contribution in [2.45, 2.75) is 25.0 Å². The number of rotatable bonds is 5. The van der Waals surface area contributed by atoms with Crippen LogP contribution in [0.15, 0.2) is 91.0 Å². The molecule has 2 aliphatic rings. The number of para-hydroxylation sites is 1. The first kappa shape index (κ1) is 22.0. The van der Waals surface area contributed by atoms with Crippen LogP contribution in [0.5, 0.6) is 0 Å². The van der Waals surface area contributed by atoms with E-state index in [-0.39, 0.29) is 6.09 Å². The number of aromatic nitrogens is 1. The van der Waals surface area contributed by atoms with Crippen LogP contribution in [0.4, 0.5) is 10.5 Å². The standard InChI is InChI=1S/C29H27N3O2S/c33-28-32(24-14-8-3-9-15-24)21-29(34-28)16-18-31(19-17-29)20-25-26(22-10-4-1-5-11-22)30-27(35-25)23-12-6-2-7-13-23/h1-15H,16-21H2. The molecule has 0 radical (unpaired) electrons. The number of anilines is 1. The zero-order valence-electron chi connectivity index (χ0n) is 19.5. The summed E-state index contributed by atoms with van der Waals surface area (Å²) in [4.78, 5) is 23.2. The van der Waals surface area contributed by atoms with Gasteiger partial charge in [-0.1, -0.05) is 78.9 Å². The molecule has 35 heavy (non-hydrogen) atoms. The molecular weight excluding hydrogens is 454 g/mol. The van der Waals surface area contributed by atoms with E-state index in [0.29, 0.717) is 6.54 Å². The average molecular weight is 482 g/mol. The molecule has 1 aromatic heterocycles. The summed E-state index contributed by atoms with van der Waals surface area (Å²) in [6.45, 7) is 3.25. The smallest absolute Gasteiger partial charge is 0.415 e. The lowest BCUT2D eigenvalue weighted by Gasteiger charge is -2.37. The van der Waals surface area contributed by atoms with Gasteiger partial charge in [-0.25, -0.2) is 9.78 Å². The van der Waals surface area contributed by atoms with Crippen LogP contribution in [0.25, 0.3) is 21.8 Å². The van der Waals surface area contributed by atoms with Crippen molar-refractivity contribution in [3.63, 3.8) is 0 Å². The number of ether oxygens (including phenoxy) is 1. The number of carbonyl (C=O) groups excluding carboxylic acids is 1. The maximum absolute atomic E-state index is 12.6. The molecule has 2 saturated heterocycles. The molecule has 2 fully saturated rings. The highest BCUT2D eigenvalue weighted by molar-refractivity contribution is 7.15. The van der Waals surface area contributed by atoms with E-state index in [9.17, 15) is 4.79 Å². The number of thiazole rings is 1. The van der Waals surface area contributed by atoms with Gasteiger partial charge in [-0.3, -0.25) is 9.80 Å².